The summed E-state index contributed by atoms with van der Waals surface area (Å²) in [4.78, 5) is 20.0. The van der Waals surface area contributed by atoms with Gasteiger partial charge in [0.15, 0.2) is 0 Å². The number of hydrogen-bond acceptors (Lipinski definition) is 5. The van der Waals surface area contributed by atoms with E-state index in [0.29, 0.717) is 11.6 Å². The largest absolute Gasteiger partial charge is 0.291 e. The van der Waals surface area contributed by atoms with Crippen LogP contribution < -0.4 is 5.32 Å². The van der Waals surface area contributed by atoms with Crippen LogP contribution in [0.25, 0.3) is 0 Å². The third-order valence-electron chi connectivity index (χ3n) is 3.24. The number of hydrogen-bond donors (Lipinski definition) is 1. The number of anilines is 1. The Labute approximate surface area is 137 Å². The van der Waals surface area contributed by atoms with E-state index >= 15 is 0 Å². The van der Waals surface area contributed by atoms with Crippen molar-refractivity contribution in [2.75, 3.05) is 5.32 Å². The number of amides is 1. The molecule has 0 bridgehead atoms. The van der Waals surface area contributed by atoms with Crippen molar-refractivity contribution < 1.29 is 4.79 Å². The Morgan fingerprint density at radius 2 is 2.09 bits per heavy atom. The summed E-state index contributed by atoms with van der Waals surface area (Å²) in [6.45, 7) is 2.26. The van der Waals surface area contributed by atoms with E-state index in [1.807, 2.05) is 24.3 Å². The number of aromatic nitrogens is 6. The maximum atomic E-state index is 12.1. The molecule has 2 aromatic heterocycles. The van der Waals surface area contributed by atoms with Crippen LogP contribution in [0.5, 0.6) is 0 Å². The van der Waals surface area contributed by atoms with E-state index in [1.165, 1.54) is 17.3 Å². The number of carbonyl (C=O) groups is 1. The molecule has 9 heteroatoms. The first-order valence-corrected chi connectivity index (χ1v) is 7.28. The Balaban J connectivity index is 1.63. The van der Waals surface area contributed by atoms with Gasteiger partial charge >= 0.3 is 0 Å². The van der Waals surface area contributed by atoms with E-state index in [-0.39, 0.29) is 11.9 Å². The zero-order valence-electron chi connectivity index (χ0n) is 12.3. The van der Waals surface area contributed by atoms with Crippen molar-refractivity contribution in [3.8, 4) is 0 Å². The van der Waals surface area contributed by atoms with Gasteiger partial charge in [-0.1, -0.05) is 23.7 Å². The first-order chi connectivity index (χ1) is 11.1. The number of nitrogens with zero attached hydrogens (tertiary/aromatic N) is 6. The van der Waals surface area contributed by atoms with Crippen LogP contribution in [0.2, 0.25) is 5.02 Å². The van der Waals surface area contributed by atoms with Crippen LogP contribution in [0, 0.1) is 0 Å². The maximum Gasteiger partial charge on any atom is 0.251 e. The van der Waals surface area contributed by atoms with Gasteiger partial charge in [-0.15, -0.1) is 5.10 Å². The van der Waals surface area contributed by atoms with Crippen LogP contribution in [-0.4, -0.2) is 35.4 Å². The van der Waals surface area contributed by atoms with Gasteiger partial charge in [0.2, 0.25) is 5.95 Å². The standard InChI is InChI=1S/C14H14ClN7O/c1-10(22-8-16-7-18-22)13(23)19-14-17-9-21(20-14)6-11-2-4-12(15)5-3-11/h2-5,7-10H,6H2,1H3,(H,19,20,23)/t10-/m0/s1. The molecule has 0 spiro atoms. The van der Waals surface area contributed by atoms with Crippen molar-refractivity contribution in [2.24, 2.45) is 0 Å². The van der Waals surface area contributed by atoms with Crippen LogP contribution in [0.4, 0.5) is 5.95 Å². The van der Waals surface area contributed by atoms with Gasteiger partial charge in [0, 0.05) is 5.02 Å². The van der Waals surface area contributed by atoms with Gasteiger partial charge in [-0.25, -0.2) is 19.3 Å². The molecule has 0 aliphatic carbocycles. The lowest BCUT2D eigenvalue weighted by Gasteiger charge is -2.09. The topological polar surface area (TPSA) is 90.5 Å². The van der Waals surface area contributed by atoms with Gasteiger partial charge < -0.3 is 0 Å². The molecule has 1 aromatic carbocycles. The van der Waals surface area contributed by atoms with Crippen molar-refractivity contribution in [2.45, 2.75) is 19.5 Å². The van der Waals surface area contributed by atoms with Crippen LogP contribution in [0.3, 0.4) is 0 Å². The number of rotatable bonds is 5. The summed E-state index contributed by atoms with van der Waals surface area (Å²) in [7, 11) is 0. The number of nitrogens with one attached hydrogen (secondary N) is 1. The Morgan fingerprint density at radius 1 is 1.30 bits per heavy atom. The molecule has 3 rings (SSSR count). The van der Waals surface area contributed by atoms with Gasteiger partial charge in [0.1, 0.15) is 25.0 Å². The fourth-order valence-corrected chi connectivity index (χ4v) is 2.08. The van der Waals surface area contributed by atoms with Crippen LogP contribution in [0.1, 0.15) is 18.5 Å². The average molecular weight is 332 g/mol. The predicted octanol–water partition coefficient (Wildman–Crippen LogP) is 1.77. The van der Waals surface area contributed by atoms with E-state index < -0.39 is 6.04 Å². The first-order valence-electron chi connectivity index (χ1n) is 6.90. The van der Waals surface area contributed by atoms with Crippen molar-refractivity contribution in [3.05, 3.63) is 53.8 Å². The molecule has 1 N–H and O–H groups in total. The fraction of sp³-hybridized carbons (Fsp3) is 0.214. The molecule has 0 radical (unpaired) electrons. The third kappa shape index (κ3) is 3.72. The third-order valence-corrected chi connectivity index (χ3v) is 3.49. The molecule has 8 nitrogen and oxygen atoms in total. The molecule has 0 saturated heterocycles. The molecule has 1 atom stereocenters. The predicted molar refractivity (Wildman–Crippen MR) is 83.9 cm³/mol. The second-order valence-corrected chi connectivity index (χ2v) is 5.37. The zero-order chi connectivity index (χ0) is 16.2. The van der Waals surface area contributed by atoms with Crippen molar-refractivity contribution in [1.29, 1.82) is 0 Å². The highest BCUT2D eigenvalue weighted by Crippen LogP contribution is 2.11. The fourth-order valence-electron chi connectivity index (χ4n) is 1.96. The molecule has 3 aromatic rings. The normalized spacial score (nSPS) is 12.1. The average Bonchev–Trinajstić information content (AvgIpc) is 3.21. The van der Waals surface area contributed by atoms with Gasteiger partial charge in [-0.05, 0) is 24.6 Å². The van der Waals surface area contributed by atoms with E-state index in [1.54, 1.807) is 17.9 Å². The smallest absolute Gasteiger partial charge is 0.251 e. The summed E-state index contributed by atoms with van der Waals surface area (Å²) in [6.07, 6.45) is 4.42. The molecule has 2 heterocycles. The van der Waals surface area contributed by atoms with Gasteiger partial charge in [0.25, 0.3) is 5.91 Å². The van der Waals surface area contributed by atoms with Gasteiger partial charge in [-0.2, -0.15) is 5.10 Å². The molecule has 23 heavy (non-hydrogen) atoms. The van der Waals surface area contributed by atoms with Crippen molar-refractivity contribution in [3.63, 3.8) is 0 Å². The van der Waals surface area contributed by atoms with E-state index in [0.717, 1.165) is 5.56 Å². The Morgan fingerprint density at radius 3 is 2.78 bits per heavy atom. The van der Waals surface area contributed by atoms with E-state index in [9.17, 15) is 4.79 Å². The molecule has 118 valence electrons. The maximum absolute atomic E-state index is 12.1. The molecular weight excluding hydrogens is 318 g/mol. The van der Waals surface area contributed by atoms with E-state index in [4.69, 9.17) is 11.6 Å². The zero-order valence-corrected chi connectivity index (χ0v) is 13.1. The quantitative estimate of drug-likeness (QED) is 0.769. The molecule has 0 unspecified atom stereocenters. The van der Waals surface area contributed by atoms with Crippen molar-refractivity contribution >= 4 is 23.5 Å². The minimum Gasteiger partial charge on any atom is -0.291 e. The minimum absolute atomic E-state index is 0.246. The minimum atomic E-state index is -0.499. The number of carbonyl (C=O) groups excluding carboxylic acids is 1. The van der Waals surface area contributed by atoms with Crippen LogP contribution >= 0.6 is 11.6 Å². The van der Waals surface area contributed by atoms with Crippen LogP contribution in [-0.2, 0) is 11.3 Å². The Bertz CT molecular complexity index is 782. The lowest BCUT2D eigenvalue weighted by molar-refractivity contribution is -0.119. The van der Waals surface area contributed by atoms with Gasteiger partial charge in [0.05, 0.1) is 6.54 Å². The highest BCUT2D eigenvalue weighted by atomic mass is 35.5. The van der Waals surface area contributed by atoms with E-state index in [2.05, 4.69) is 25.5 Å². The number of benzene rings is 1. The monoisotopic (exact) mass is 331 g/mol. The summed E-state index contributed by atoms with van der Waals surface area (Å²) < 4.78 is 3.10. The summed E-state index contributed by atoms with van der Waals surface area (Å²) in [5.74, 6) is -0.0179. The molecule has 0 saturated carbocycles. The molecule has 0 aliphatic rings. The lowest BCUT2D eigenvalue weighted by Crippen LogP contribution is -2.24. The van der Waals surface area contributed by atoms with Gasteiger partial charge in [-0.3, -0.25) is 10.1 Å². The second kappa shape index (κ2) is 6.57. The molecule has 0 aliphatic heterocycles. The Kier molecular flexibility index (Phi) is 4.33. The highest BCUT2D eigenvalue weighted by molar-refractivity contribution is 6.30. The summed E-state index contributed by atoms with van der Waals surface area (Å²) >= 11 is 5.85. The highest BCUT2D eigenvalue weighted by Gasteiger charge is 2.17. The van der Waals surface area contributed by atoms with Crippen LogP contribution in [0.15, 0.2) is 43.2 Å². The molecule has 1 amide bonds. The second-order valence-electron chi connectivity index (χ2n) is 4.93. The SMILES string of the molecule is C[C@@H](C(=O)Nc1ncn(Cc2ccc(Cl)cc2)n1)n1cncn1. The summed E-state index contributed by atoms with van der Waals surface area (Å²) in [5, 5.41) is 11.5. The Hall–Kier alpha value is -2.74. The molecule has 0 fully saturated rings. The first kappa shape index (κ1) is 15.2. The van der Waals surface area contributed by atoms with Crippen molar-refractivity contribution in [1.82, 2.24) is 29.5 Å². The number of halogens is 1. The lowest BCUT2D eigenvalue weighted by atomic mass is 10.2. The summed E-state index contributed by atoms with van der Waals surface area (Å²) in [6, 6.07) is 6.96. The summed E-state index contributed by atoms with van der Waals surface area (Å²) in [5.41, 5.74) is 1.04. The molecular formula is C14H14ClN7O.